The summed E-state index contributed by atoms with van der Waals surface area (Å²) in [6.45, 7) is 15.1. The van der Waals surface area contributed by atoms with Crippen LogP contribution in [0.3, 0.4) is 0 Å². The largest absolute Gasteiger partial charge is 0.381 e. The highest BCUT2D eigenvalue weighted by molar-refractivity contribution is 5.79. The van der Waals surface area contributed by atoms with Crippen LogP contribution in [0.5, 0.6) is 0 Å². The Hall–Kier alpha value is -1.63. The van der Waals surface area contributed by atoms with E-state index in [1.165, 1.54) is 11.1 Å². The van der Waals surface area contributed by atoms with Crippen molar-refractivity contribution in [3.63, 3.8) is 0 Å². The van der Waals surface area contributed by atoms with E-state index >= 15 is 0 Å². The summed E-state index contributed by atoms with van der Waals surface area (Å²) in [7, 11) is 0. The molecule has 1 aromatic rings. The molecule has 2 N–H and O–H groups in total. The average Bonchev–Trinajstić information content (AvgIpc) is 2.69. The Labute approximate surface area is 170 Å². The second kappa shape index (κ2) is 13.5. The zero-order chi connectivity index (χ0) is 20.0. The predicted molar refractivity (Wildman–Crippen MR) is 116 cm³/mol. The first-order valence-electron chi connectivity index (χ1n) is 10.6. The molecule has 6 nitrogen and oxygen atoms in total. The van der Waals surface area contributed by atoms with Crippen molar-refractivity contribution in [3.8, 4) is 0 Å². The van der Waals surface area contributed by atoms with Crippen LogP contribution in [0.25, 0.3) is 0 Å². The fourth-order valence-electron chi connectivity index (χ4n) is 3.06. The number of hydrogen-bond acceptors (Lipinski definition) is 4. The number of ether oxygens (including phenoxy) is 2. The lowest BCUT2D eigenvalue weighted by atomic mass is 10.1. The molecule has 1 aromatic carbocycles. The van der Waals surface area contributed by atoms with Gasteiger partial charge in [0.2, 0.25) is 0 Å². The van der Waals surface area contributed by atoms with E-state index in [0.717, 1.165) is 71.5 Å². The van der Waals surface area contributed by atoms with Gasteiger partial charge in [-0.15, -0.1) is 0 Å². The highest BCUT2D eigenvalue weighted by Crippen LogP contribution is 2.11. The third-order valence-electron chi connectivity index (χ3n) is 4.47. The lowest BCUT2D eigenvalue weighted by Crippen LogP contribution is -2.38. The summed E-state index contributed by atoms with van der Waals surface area (Å²) >= 11 is 0. The molecule has 1 aliphatic heterocycles. The highest BCUT2D eigenvalue weighted by atomic mass is 16.5. The van der Waals surface area contributed by atoms with Crippen molar-refractivity contribution in [1.29, 1.82) is 0 Å². The van der Waals surface area contributed by atoms with Crippen molar-refractivity contribution in [3.05, 3.63) is 35.4 Å². The third-order valence-corrected chi connectivity index (χ3v) is 4.47. The Balaban J connectivity index is 1.78. The molecule has 0 radical (unpaired) electrons. The molecule has 1 aliphatic rings. The number of aliphatic imine (C=N–C) groups is 1. The SMILES string of the molecule is CCNC(=NCc1cccc(CN2CCOCC2)c1)NCCCOCC(C)C. The molecule has 0 unspecified atom stereocenters. The van der Waals surface area contributed by atoms with Gasteiger partial charge in [0.15, 0.2) is 5.96 Å². The first-order valence-corrected chi connectivity index (χ1v) is 10.6. The Bertz CT molecular complexity index is 571. The number of nitrogens with zero attached hydrogens (tertiary/aromatic N) is 2. The maximum Gasteiger partial charge on any atom is 0.191 e. The van der Waals surface area contributed by atoms with Gasteiger partial charge in [-0.1, -0.05) is 38.1 Å². The molecule has 2 rings (SSSR count). The predicted octanol–water partition coefficient (Wildman–Crippen LogP) is 2.64. The Morgan fingerprint density at radius 3 is 2.75 bits per heavy atom. The quantitative estimate of drug-likeness (QED) is 0.346. The number of morpholine rings is 1. The van der Waals surface area contributed by atoms with Gasteiger partial charge in [-0.2, -0.15) is 0 Å². The van der Waals surface area contributed by atoms with E-state index in [1.54, 1.807) is 0 Å². The summed E-state index contributed by atoms with van der Waals surface area (Å²) in [5.74, 6) is 1.45. The molecule has 0 spiro atoms. The van der Waals surface area contributed by atoms with Gasteiger partial charge in [-0.3, -0.25) is 4.90 Å². The minimum atomic E-state index is 0.589. The number of hydrogen-bond donors (Lipinski definition) is 2. The molecular formula is C22H38N4O2. The summed E-state index contributed by atoms with van der Waals surface area (Å²) in [6.07, 6.45) is 0.978. The van der Waals surface area contributed by atoms with Crippen LogP contribution in [0.4, 0.5) is 0 Å². The van der Waals surface area contributed by atoms with Gasteiger partial charge in [-0.05, 0) is 30.4 Å². The zero-order valence-electron chi connectivity index (χ0n) is 17.9. The molecule has 0 bridgehead atoms. The van der Waals surface area contributed by atoms with Gasteiger partial charge in [0.05, 0.1) is 19.8 Å². The van der Waals surface area contributed by atoms with Gasteiger partial charge in [-0.25, -0.2) is 4.99 Å². The zero-order valence-corrected chi connectivity index (χ0v) is 17.9. The fraction of sp³-hybridized carbons (Fsp3) is 0.682. The van der Waals surface area contributed by atoms with E-state index in [-0.39, 0.29) is 0 Å². The fourth-order valence-corrected chi connectivity index (χ4v) is 3.06. The number of rotatable bonds is 11. The molecule has 0 aliphatic carbocycles. The van der Waals surface area contributed by atoms with Crippen LogP contribution >= 0.6 is 0 Å². The second-order valence-corrected chi connectivity index (χ2v) is 7.65. The molecule has 28 heavy (non-hydrogen) atoms. The topological polar surface area (TPSA) is 58.1 Å². The molecule has 6 heteroatoms. The summed E-state index contributed by atoms with van der Waals surface area (Å²) in [5, 5.41) is 6.71. The van der Waals surface area contributed by atoms with Crippen LogP contribution in [0, 0.1) is 5.92 Å². The molecule has 0 aromatic heterocycles. The van der Waals surface area contributed by atoms with E-state index in [0.29, 0.717) is 12.5 Å². The van der Waals surface area contributed by atoms with E-state index in [1.807, 2.05) is 0 Å². The first kappa shape index (κ1) is 22.7. The van der Waals surface area contributed by atoms with Crippen LogP contribution in [-0.2, 0) is 22.6 Å². The molecule has 158 valence electrons. The minimum absolute atomic E-state index is 0.589. The van der Waals surface area contributed by atoms with Crippen LogP contribution in [0.1, 0.15) is 38.3 Å². The van der Waals surface area contributed by atoms with Crippen molar-refractivity contribution in [2.75, 3.05) is 52.6 Å². The lowest BCUT2D eigenvalue weighted by Gasteiger charge is -2.26. The maximum atomic E-state index is 5.63. The standard InChI is InChI=1S/C22H38N4O2/c1-4-23-22(24-9-6-12-28-18-19(2)3)25-16-20-7-5-8-21(15-20)17-26-10-13-27-14-11-26/h5,7-8,15,19H,4,6,9-14,16-18H2,1-3H3,(H2,23,24,25). The van der Waals surface area contributed by atoms with Crippen molar-refractivity contribution < 1.29 is 9.47 Å². The van der Waals surface area contributed by atoms with E-state index in [2.05, 4.69) is 60.6 Å². The van der Waals surface area contributed by atoms with Crippen molar-refractivity contribution in [2.24, 2.45) is 10.9 Å². The van der Waals surface area contributed by atoms with Gasteiger partial charge in [0.1, 0.15) is 0 Å². The number of benzene rings is 1. The van der Waals surface area contributed by atoms with Crippen molar-refractivity contribution >= 4 is 5.96 Å². The van der Waals surface area contributed by atoms with Crippen molar-refractivity contribution in [1.82, 2.24) is 15.5 Å². The van der Waals surface area contributed by atoms with E-state index in [9.17, 15) is 0 Å². The lowest BCUT2D eigenvalue weighted by molar-refractivity contribution is 0.0342. The van der Waals surface area contributed by atoms with Gasteiger partial charge in [0.25, 0.3) is 0 Å². The van der Waals surface area contributed by atoms with Crippen LogP contribution in [-0.4, -0.2) is 63.5 Å². The smallest absolute Gasteiger partial charge is 0.191 e. The van der Waals surface area contributed by atoms with Crippen LogP contribution in [0.2, 0.25) is 0 Å². The first-order chi connectivity index (χ1) is 13.7. The molecule has 0 atom stereocenters. The summed E-state index contributed by atoms with van der Waals surface area (Å²) in [6, 6.07) is 8.74. The number of nitrogens with one attached hydrogen (secondary N) is 2. The molecule has 1 saturated heterocycles. The van der Waals surface area contributed by atoms with Gasteiger partial charge < -0.3 is 20.1 Å². The number of guanidine groups is 1. The Morgan fingerprint density at radius 1 is 1.21 bits per heavy atom. The van der Waals surface area contributed by atoms with Crippen LogP contribution < -0.4 is 10.6 Å². The molecule has 0 saturated carbocycles. The molecular weight excluding hydrogens is 352 g/mol. The monoisotopic (exact) mass is 390 g/mol. The summed E-state index contributed by atoms with van der Waals surface area (Å²) < 4.78 is 11.1. The Kier molecular flexibility index (Phi) is 10.9. The summed E-state index contributed by atoms with van der Waals surface area (Å²) in [4.78, 5) is 7.18. The summed E-state index contributed by atoms with van der Waals surface area (Å²) in [5.41, 5.74) is 2.58. The maximum absolute atomic E-state index is 5.63. The van der Waals surface area contributed by atoms with Gasteiger partial charge >= 0.3 is 0 Å². The Morgan fingerprint density at radius 2 is 2.00 bits per heavy atom. The highest BCUT2D eigenvalue weighted by Gasteiger charge is 2.10. The second-order valence-electron chi connectivity index (χ2n) is 7.65. The molecule has 1 fully saturated rings. The van der Waals surface area contributed by atoms with Crippen molar-refractivity contribution in [2.45, 2.75) is 40.3 Å². The molecule has 1 heterocycles. The minimum Gasteiger partial charge on any atom is -0.381 e. The van der Waals surface area contributed by atoms with Gasteiger partial charge in [0, 0.05) is 45.9 Å². The normalized spacial score (nSPS) is 15.8. The third kappa shape index (κ3) is 9.53. The average molecular weight is 391 g/mol. The van der Waals surface area contributed by atoms with Crippen LogP contribution in [0.15, 0.2) is 29.3 Å². The van der Waals surface area contributed by atoms with E-state index in [4.69, 9.17) is 14.5 Å². The van der Waals surface area contributed by atoms with E-state index < -0.39 is 0 Å². The molecule has 0 amide bonds.